The van der Waals surface area contributed by atoms with E-state index < -0.39 is 11.6 Å². The van der Waals surface area contributed by atoms with E-state index in [9.17, 15) is 9.59 Å². The van der Waals surface area contributed by atoms with Gasteiger partial charge in [0.1, 0.15) is 12.5 Å². The molecule has 2 rings (SSSR count). The fraction of sp³-hybridized carbons (Fsp3) is 0.400. The molecule has 0 unspecified atom stereocenters. The van der Waals surface area contributed by atoms with Crippen LogP contribution in [0.25, 0.3) is 0 Å². The van der Waals surface area contributed by atoms with Gasteiger partial charge in [0.15, 0.2) is 0 Å². The van der Waals surface area contributed by atoms with Crippen LogP contribution in [0.2, 0.25) is 0 Å². The Labute approximate surface area is 124 Å². The molecule has 2 aromatic rings. The average Bonchev–Trinajstić information content (AvgIpc) is 2.98. The summed E-state index contributed by atoms with van der Waals surface area (Å²) in [5.41, 5.74) is 0. The van der Waals surface area contributed by atoms with Gasteiger partial charge in [-0.25, -0.2) is 4.79 Å². The van der Waals surface area contributed by atoms with Gasteiger partial charge in [-0.2, -0.15) is 0 Å². The number of hydrogen-bond donors (Lipinski definition) is 0. The van der Waals surface area contributed by atoms with E-state index in [0.717, 1.165) is 6.26 Å². The van der Waals surface area contributed by atoms with Crippen molar-refractivity contribution >= 4 is 0 Å². The van der Waals surface area contributed by atoms with Gasteiger partial charge in [-0.05, 0) is 6.26 Å². The Kier molecular flexibility index (Phi) is 22.1. The third-order valence-corrected chi connectivity index (χ3v) is 0.730. The molecule has 17 heavy (non-hydrogen) atoms. The molecule has 0 bridgehead atoms. The van der Waals surface area contributed by atoms with Gasteiger partial charge in [0, 0.05) is 39.0 Å². The van der Waals surface area contributed by atoms with Crippen LogP contribution in [0, 0.1) is 6.26 Å². The van der Waals surface area contributed by atoms with Crippen LogP contribution in [0.15, 0.2) is 46.0 Å². The second-order valence-corrected chi connectivity index (χ2v) is 1.46. The Morgan fingerprint density at radius 3 is 1.47 bits per heavy atom. The molecule has 0 aliphatic heterocycles. The first kappa shape index (κ1) is 21.4. The van der Waals surface area contributed by atoms with Gasteiger partial charge < -0.3 is 22.5 Å². The van der Waals surface area contributed by atoms with Crippen LogP contribution < -0.4 is 11.6 Å². The first-order valence-corrected chi connectivity index (χ1v) is 4.76. The zero-order chi connectivity index (χ0) is 12.8. The first-order valence-electron chi connectivity index (χ1n) is 4.76. The second-order valence-electron chi connectivity index (χ2n) is 1.46. The molecule has 0 fully saturated rings. The van der Waals surface area contributed by atoms with Gasteiger partial charge in [-0.1, -0.05) is 27.7 Å². The van der Waals surface area contributed by atoms with Gasteiger partial charge >= 0.3 is 11.6 Å². The van der Waals surface area contributed by atoms with Crippen molar-refractivity contribution in [1.29, 1.82) is 0 Å². The third kappa shape index (κ3) is 15.1. The molecule has 6 nitrogen and oxygen atoms in total. The van der Waals surface area contributed by atoms with E-state index >= 15 is 0 Å². The molecule has 0 amide bonds. The summed E-state index contributed by atoms with van der Waals surface area (Å²) in [5.74, 6) is -1.37. The van der Waals surface area contributed by atoms with Gasteiger partial charge in [-0.15, -0.1) is 0 Å². The van der Waals surface area contributed by atoms with Crippen molar-refractivity contribution in [2.24, 2.45) is 0 Å². The normalized spacial score (nSPS) is 6.82. The quantitative estimate of drug-likeness (QED) is 0.692. The molecule has 0 aliphatic rings. The molecule has 0 atom stereocenters. The summed E-state index contributed by atoms with van der Waals surface area (Å²) < 4.78 is 16.3. The Hall–Kier alpha value is -0.876. The van der Waals surface area contributed by atoms with Crippen molar-refractivity contribution in [3.8, 4) is 0 Å². The predicted octanol–water partition coefficient (Wildman–Crippen LogP) is 2.32. The average molecular weight is 320 g/mol. The van der Waals surface area contributed by atoms with E-state index in [-0.39, 0.29) is 32.7 Å². The molecule has 0 aliphatic carbocycles. The third-order valence-electron chi connectivity index (χ3n) is 0.730. The van der Waals surface area contributed by atoms with Crippen molar-refractivity contribution in [1.82, 2.24) is 0 Å². The summed E-state index contributed by atoms with van der Waals surface area (Å²) in [4.78, 5) is 19.4. The van der Waals surface area contributed by atoms with Crippen molar-refractivity contribution < 1.29 is 50.4 Å². The Morgan fingerprint density at radius 1 is 0.882 bits per heavy atom. The van der Waals surface area contributed by atoms with E-state index in [1.807, 2.05) is 27.7 Å². The number of hydrogen-bond acceptors (Lipinski definition) is 6. The van der Waals surface area contributed by atoms with E-state index in [4.69, 9.17) is 0 Å². The van der Waals surface area contributed by atoms with E-state index in [1.54, 1.807) is 0 Å². The Bertz CT molecular complexity index is 337. The molecule has 2 aromatic heterocycles. The SMILES string of the molecule is CC.CC.O=c1o[c-]co1.O=c1occo1.[Y]. The molecule has 2 heterocycles. The van der Waals surface area contributed by atoms with Gasteiger partial charge in [0.2, 0.25) is 0 Å². The van der Waals surface area contributed by atoms with Crippen LogP contribution in [0.3, 0.4) is 0 Å². The minimum Gasteiger partial charge on any atom is -0.585 e. The zero-order valence-electron chi connectivity index (χ0n) is 10.3. The van der Waals surface area contributed by atoms with E-state index in [1.165, 1.54) is 12.5 Å². The van der Waals surface area contributed by atoms with Crippen molar-refractivity contribution in [2.45, 2.75) is 27.7 Å². The molecule has 0 spiro atoms. The summed E-state index contributed by atoms with van der Waals surface area (Å²) in [7, 11) is 0. The maximum absolute atomic E-state index is 9.74. The summed E-state index contributed by atoms with van der Waals surface area (Å²) in [6.45, 7) is 8.00. The minimum atomic E-state index is -0.713. The fourth-order valence-electron chi connectivity index (χ4n) is 0.363. The van der Waals surface area contributed by atoms with E-state index in [2.05, 4.69) is 23.9 Å². The Balaban J connectivity index is -0.000000171. The van der Waals surface area contributed by atoms with Gasteiger partial charge in [0.25, 0.3) is 0 Å². The van der Waals surface area contributed by atoms with Gasteiger partial charge in [-0.3, -0.25) is 0 Å². The molecular formula is C10H15O6Y-. The van der Waals surface area contributed by atoms with Gasteiger partial charge in [0.05, 0.1) is 0 Å². The Morgan fingerprint density at radius 2 is 1.35 bits per heavy atom. The van der Waals surface area contributed by atoms with Crippen LogP contribution in [0.5, 0.6) is 0 Å². The largest absolute Gasteiger partial charge is 0.585 e. The minimum absolute atomic E-state index is 0. The number of rotatable bonds is 0. The molecule has 95 valence electrons. The second kappa shape index (κ2) is 17.5. The van der Waals surface area contributed by atoms with Crippen LogP contribution in [0.1, 0.15) is 27.7 Å². The van der Waals surface area contributed by atoms with Crippen LogP contribution in [-0.4, -0.2) is 0 Å². The summed E-state index contributed by atoms with van der Waals surface area (Å²) in [6, 6.07) is 0. The van der Waals surface area contributed by atoms with Crippen molar-refractivity contribution in [2.75, 3.05) is 0 Å². The monoisotopic (exact) mass is 320 g/mol. The summed E-state index contributed by atoms with van der Waals surface area (Å²) in [5, 5.41) is 0. The molecular weight excluding hydrogens is 305 g/mol. The fourth-order valence-corrected chi connectivity index (χ4v) is 0.363. The standard InChI is InChI=1S/C3H2O3.C3HO3.2C2H6.Y/c2*4-3-5-1-2-6-3;2*1-2;/h1-2H;1H;2*1-2H3;/q;-1;;;. The maximum atomic E-state index is 9.74. The van der Waals surface area contributed by atoms with Crippen LogP contribution in [-0.2, 0) is 32.7 Å². The maximum Gasteiger partial charge on any atom is 0.518 e. The molecule has 1 radical (unpaired) electrons. The molecule has 0 saturated carbocycles. The van der Waals surface area contributed by atoms with Crippen LogP contribution in [0.4, 0.5) is 0 Å². The predicted molar refractivity (Wildman–Crippen MR) is 56.0 cm³/mol. The topological polar surface area (TPSA) is 86.7 Å². The first-order chi connectivity index (χ1) is 7.79. The summed E-state index contributed by atoms with van der Waals surface area (Å²) in [6.07, 6.45) is 5.50. The van der Waals surface area contributed by atoms with Crippen molar-refractivity contribution in [3.05, 3.63) is 46.3 Å². The van der Waals surface area contributed by atoms with E-state index in [0.29, 0.717) is 0 Å². The molecule has 7 heteroatoms. The van der Waals surface area contributed by atoms with Crippen molar-refractivity contribution in [3.63, 3.8) is 0 Å². The molecule has 0 N–H and O–H groups in total. The van der Waals surface area contributed by atoms with Crippen LogP contribution >= 0.6 is 0 Å². The molecule has 0 aromatic carbocycles. The zero-order valence-corrected chi connectivity index (χ0v) is 13.1. The summed E-state index contributed by atoms with van der Waals surface area (Å²) >= 11 is 0. The smallest absolute Gasteiger partial charge is 0.518 e. The molecule has 0 saturated heterocycles.